The predicted octanol–water partition coefficient (Wildman–Crippen LogP) is 4.48. The molecular formula is C27H34O7. The summed E-state index contributed by atoms with van der Waals surface area (Å²) in [6, 6.07) is 11.2. The van der Waals surface area contributed by atoms with Crippen LogP contribution in [0.15, 0.2) is 36.4 Å². The third kappa shape index (κ3) is 5.82. The van der Waals surface area contributed by atoms with E-state index in [0.29, 0.717) is 42.4 Å². The van der Waals surface area contributed by atoms with Gasteiger partial charge < -0.3 is 23.7 Å². The second-order valence-corrected chi connectivity index (χ2v) is 9.03. The van der Waals surface area contributed by atoms with Gasteiger partial charge in [0.25, 0.3) is 0 Å². The third-order valence-electron chi connectivity index (χ3n) is 6.52. The number of rotatable bonds is 10. The van der Waals surface area contributed by atoms with Crippen molar-refractivity contribution in [3.05, 3.63) is 47.5 Å². The highest BCUT2D eigenvalue weighted by molar-refractivity contribution is 5.76. The predicted molar refractivity (Wildman–Crippen MR) is 128 cm³/mol. The van der Waals surface area contributed by atoms with E-state index in [-0.39, 0.29) is 35.6 Å². The van der Waals surface area contributed by atoms with Crippen LogP contribution < -0.4 is 18.9 Å². The van der Waals surface area contributed by atoms with Crippen molar-refractivity contribution in [2.45, 2.75) is 33.6 Å². The molecule has 0 aliphatic carbocycles. The van der Waals surface area contributed by atoms with Crippen molar-refractivity contribution in [3.8, 4) is 23.0 Å². The highest BCUT2D eigenvalue weighted by Crippen LogP contribution is 2.35. The highest BCUT2D eigenvalue weighted by atomic mass is 16.6. The highest BCUT2D eigenvalue weighted by Gasteiger charge is 2.37. The van der Waals surface area contributed by atoms with Gasteiger partial charge in [-0.2, -0.15) is 0 Å². The van der Waals surface area contributed by atoms with E-state index in [1.54, 1.807) is 20.3 Å². The first-order valence-corrected chi connectivity index (χ1v) is 11.5. The lowest BCUT2D eigenvalue weighted by Gasteiger charge is -2.18. The molecule has 1 unspecified atom stereocenters. The van der Waals surface area contributed by atoms with Crippen LogP contribution in [-0.2, 0) is 27.2 Å². The molecule has 34 heavy (non-hydrogen) atoms. The van der Waals surface area contributed by atoms with Gasteiger partial charge in [-0.05, 0) is 54.2 Å². The summed E-state index contributed by atoms with van der Waals surface area (Å²) in [6.45, 7) is 6.17. The molecule has 2 aromatic rings. The Hall–Kier alpha value is -3.22. The summed E-state index contributed by atoms with van der Waals surface area (Å²) in [5, 5.41) is 0. The maximum Gasteiger partial charge on any atom is 0.314 e. The van der Waals surface area contributed by atoms with Crippen molar-refractivity contribution < 1.29 is 33.3 Å². The topological polar surface area (TPSA) is 80.3 Å². The van der Waals surface area contributed by atoms with Gasteiger partial charge in [-0.25, -0.2) is 0 Å². The monoisotopic (exact) mass is 470 g/mol. The minimum Gasteiger partial charge on any atom is -0.493 e. The zero-order chi connectivity index (χ0) is 24.8. The van der Waals surface area contributed by atoms with Crippen LogP contribution in [0.5, 0.6) is 23.0 Å². The molecule has 1 heterocycles. The van der Waals surface area contributed by atoms with Crippen molar-refractivity contribution in [2.24, 2.45) is 23.7 Å². The van der Waals surface area contributed by atoms with Crippen molar-refractivity contribution >= 4 is 11.9 Å². The molecule has 1 fully saturated rings. The van der Waals surface area contributed by atoms with Crippen molar-refractivity contribution in [2.75, 3.05) is 27.9 Å². The lowest BCUT2D eigenvalue weighted by molar-refractivity contribution is -0.141. The van der Waals surface area contributed by atoms with Crippen molar-refractivity contribution in [1.82, 2.24) is 0 Å². The summed E-state index contributed by atoms with van der Waals surface area (Å²) >= 11 is 0. The largest absolute Gasteiger partial charge is 0.493 e. The number of hydrogen-bond acceptors (Lipinski definition) is 7. The Morgan fingerprint density at radius 2 is 1.44 bits per heavy atom. The van der Waals surface area contributed by atoms with E-state index in [1.165, 1.54) is 7.11 Å². The number of cyclic esters (lactones) is 1. The number of hydrogen-bond donors (Lipinski definition) is 0. The number of carbonyl (C=O) groups is 2. The molecule has 0 N–H and O–H groups in total. The quantitative estimate of drug-likeness (QED) is 0.374. The first-order chi connectivity index (χ1) is 16.3. The second kappa shape index (κ2) is 11.3. The molecule has 0 spiro atoms. The third-order valence-corrected chi connectivity index (χ3v) is 6.52. The van der Waals surface area contributed by atoms with Gasteiger partial charge >= 0.3 is 11.9 Å². The second-order valence-electron chi connectivity index (χ2n) is 9.03. The Morgan fingerprint density at radius 3 is 2.03 bits per heavy atom. The molecule has 1 saturated heterocycles. The molecule has 184 valence electrons. The van der Waals surface area contributed by atoms with Gasteiger partial charge in [-0.15, -0.1) is 0 Å². The minimum absolute atomic E-state index is 0.0287. The molecule has 1 aliphatic heterocycles. The van der Waals surface area contributed by atoms with Crippen LogP contribution in [0.25, 0.3) is 0 Å². The molecule has 0 aromatic heterocycles. The fourth-order valence-electron chi connectivity index (χ4n) is 4.02. The fourth-order valence-corrected chi connectivity index (χ4v) is 4.02. The van der Waals surface area contributed by atoms with Crippen molar-refractivity contribution in [1.29, 1.82) is 0 Å². The molecule has 0 radical (unpaired) electrons. The van der Waals surface area contributed by atoms with Crippen LogP contribution in [0.2, 0.25) is 0 Å². The number of carbonyl (C=O) groups excluding carboxylic acids is 2. The maximum atomic E-state index is 12.5. The smallest absolute Gasteiger partial charge is 0.314 e. The molecule has 0 saturated carbocycles. The van der Waals surface area contributed by atoms with E-state index in [1.807, 2.05) is 51.1 Å². The van der Waals surface area contributed by atoms with Gasteiger partial charge in [0.15, 0.2) is 23.0 Å². The molecule has 7 nitrogen and oxygen atoms in total. The minimum atomic E-state index is -0.296. The van der Waals surface area contributed by atoms with Gasteiger partial charge in [0.05, 0.1) is 39.8 Å². The normalized spacial score (nSPS) is 18.4. The van der Waals surface area contributed by atoms with Gasteiger partial charge in [-0.1, -0.05) is 32.9 Å². The van der Waals surface area contributed by atoms with E-state index in [0.717, 1.165) is 11.1 Å². The number of esters is 2. The standard InChI is InChI=1S/C27H34O7/c1-16(2)17(3)26(28)34-23-10-8-19(14-25(23)32-6)12-21-20(15-33-27(21)29)11-18-7-9-22(30-4)24(13-18)31-5/h7-10,13-14,16-17,20-21H,11-12,15H2,1-6H3/t17?,20-,21+/m0/s1. The van der Waals surface area contributed by atoms with Gasteiger partial charge in [0.2, 0.25) is 0 Å². The molecule has 0 amide bonds. The molecule has 3 rings (SSSR count). The number of benzene rings is 2. The number of ether oxygens (including phenoxy) is 5. The summed E-state index contributed by atoms with van der Waals surface area (Å²) < 4.78 is 27.2. The van der Waals surface area contributed by atoms with Crippen LogP contribution in [0.4, 0.5) is 0 Å². The molecule has 3 atom stereocenters. The number of methoxy groups -OCH3 is 3. The summed E-state index contributed by atoms with van der Waals surface area (Å²) in [4.78, 5) is 24.9. The molecule has 7 heteroatoms. The zero-order valence-corrected chi connectivity index (χ0v) is 20.8. The van der Waals surface area contributed by atoms with E-state index in [4.69, 9.17) is 23.7 Å². The average molecular weight is 471 g/mol. The Balaban J connectivity index is 1.74. The Morgan fingerprint density at radius 1 is 0.882 bits per heavy atom. The van der Waals surface area contributed by atoms with Crippen LogP contribution in [0.1, 0.15) is 31.9 Å². The van der Waals surface area contributed by atoms with E-state index in [9.17, 15) is 9.59 Å². The Bertz CT molecular complexity index is 1010. The van der Waals surface area contributed by atoms with Gasteiger partial charge in [-0.3, -0.25) is 9.59 Å². The summed E-state index contributed by atoms with van der Waals surface area (Å²) in [5.74, 6) is 1.35. The van der Waals surface area contributed by atoms with E-state index < -0.39 is 0 Å². The molecule has 2 aromatic carbocycles. The van der Waals surface area contributed by atoms with Crippen LogP contribution in [0, 0.1) is 23.7 Å². The van der Waals surface area contributed by atoms with Gasteiger partial charge in [0.1, 0.15) is 0 Å². The van der Waals surface area contributed by atoms with E-state index >= 15 is 0 Å². The van der Waals surface area contributed by atoms with Crippen molar-refractivity contribution in [3.63, 3.8) is 0 Å². The van der Waals surface area contributed by atoms with Crippen LogP contribution in [-0.4, -0.2) is 39.9 Å². The summed E-state index contributed by atoms with van der Waals surface area (Å²) in [7, 11) is 4.74. The molecule has 1 aliphatic rings. The van der Waals surface area contributed by atoms with Crippen LogP contribution in [0.3, 0.4) is 0 Å². The molecule has 0 bridgehead atoms. The SMILES string of the molecule is COc1ccc(C[C@H]2COC(=O)[C@@H]2Cc2ccc(OC(=O)C(C)C(C)C)c(OC)c2)cc1OC. The fraction of sp³-hybridized carbons (Fsp3) is 0.481. The lowest BCUT2D eigenvalue weighted by Crippen LogP contribution is -2.22. The molecular weight excluding hydrogens is 436 g/mol. The first-order valence-electron chi connectivity index (χ1n) is 11.5. The Labute approximate surface area is 201 Å². The first kappa shape index (κ1) is 25.4. The Kier molecular flexibility index (Phi) is 8.42. The summed E-state index contributed by atoms with van der Waals surface area (Å²) in [6.07, 6.45) is 1.18. The maximum absolute atomic E-state index is 12.5. The summed E-state index contributed by atoms with van der Waals surface area (Å²) in [5.41, 5.74) is 1.96. The van der Waals surface area contributed by atoms with Crippen LogP contribution >= 0.6 is 0 Å². The zero-order valence-electron chi connectivity index (χ0n) is 20.8. The van der Waals surface area contributed by atoms with Gasteiger partial charge in [0, 0.05) is 5.92 Å². The van der Waals surface area contributed by atoms with E-state index in [2.05, 4.69) is 0 Å². The average Bonchev–Trinajstić information content (AvgIpc) is 3.17. The lowest BCUT2D eigenvalue weighted by atomic mass is 9.85.